The van der Waals surface area contributed by atoms with Crippen molar-refractivity contribution in [2.45, 2.75) is 37.5 Å². The van der Waals surface area contributed by atoms with Crippen LogP contribution in [0.4, 0.5) is 0 Å². The van der Waals surface area contributed by atoms with Gasteiger partial charge in [0.25, 0.3) is 0 Å². The quantitative estimate of drug-likeness (QED) is 0.745. The standard InChI is InChI=1S/C13H21NS/c1-3-15-13-8-6-12(7-9-13)11(2)5-4-10-14/h6-9,11H,3-5,10,14H2,1-2H3. The van der Waals surface area contributed by atoms with Gasteiger partial charge >= 0.3 is 0 Å². The Morgan fingerprint density at radius 1 is 1.27 bits per heavy atom. The van der Waals surface area contributed by atoms with Crippen molar-refractivity contribution in [3.05, 3.63) is 29.8 Å². The Morgan fingerprint density at radius 2 is 1.93 bits per heavy atom. The molecule has 0 amide bonds. The fourth-order valence-corrected chi connectivity index (χ4v) is 2.31. The van der Waals surface area contributed by atoms with Crippen LogP contribution in [0.25, 0.3) is 0 Å². The molecule has 0 bridgehead atoms. The van der Waals surface area contributed by atoms with Crippen LogP contribution in [0.3, 0.4) is 0 Å². The Kier molecular flexibility index (Phi) is 5.81. The van der Waals surface area contributed by atoms with E-state index in [2.05, 4.69) is 38.1 Å². The Hall–Kier alpha value is -0.470. The van der Waals surface area contributed by atoms with Crippen LogP contribution < -0.4 is 5.73 Å². The van der Waals surface area contributed by atoms with Crippen LogP contribution in [0, 0.1) is 0 Å². The lowest BCUT2D eigenvalue weighted by molar-refractivity contribution is 0.640. The van der Waals surface area contributed by atoms with E-state index < -0.39 is 0 Å². The van der Waals surface area contributed by atoms with Gasteiger partial charge in [0.1, 0.15) is 0 Å². The van der Waals surface area contributed by atoms with Gasteiger partial charge in [-0.2, -0.15) is 0 Å². The molecule has 0 aliphatic rings. The van der Waals surface area contributed by atoms with E-state index in [9.17, 15) is 0 Å². The predicted octanol–water partition coefficient (Wildman–Crippen LogP) is 3.64. The molecule has 1 unspecified atom stereocenters. The lowest BCUT2D eigenvalue weighted by Gasteiger charge is -2.11. The minimum absolute atomic E-state index is 0.634. The summed E-state index contributed by atoms with van der Waals surface area (Å²) in [6, 6.07) is 8.95. The van der Waals surface area contributed by atoms with Crippen LogP contribution in [-0.4, -0.2) is 12.3 Å². The largest absolute Gasteiger partial charge is 0.330 e. The summed E-state index contributed by atoms with van der Waals surface area (Å²) in [6.07, 6.45) is 2.31. The van der Waals surface area contributed by atoms with E-state index in [0.29, 0.717) is 5.92 Å². The third-order valence-electron chi connectivity index (χ3n) is 2.60. The Labute approximate surface area is 97.4 Å². The van der Waals surface area contributed by atoms with Gasteiger partial charge in [-0.3, -0.25) is 0 Å². The molecule has 0 aromatic heterocycles. The minimum Gasteiger partial charge on any atom is -0.330 e. The van der Waals surface area contributed by atoms with E-state index in [1.165, 1.54) is 16.9 Å². The molecule has 0 fully saturated rings. The highest BCUT2D eigenvalue weighted by atomic mass is 32.2. The van der Waals surface area contributed by atoms with Gasteiger partial charge in [-0.15, -0.1) is 11.8 Å². The summed E-state index contributed by atoms with van der Waals surface area (Å²) < 4.78 is 0. The Bertz CT molecular complexity index is 268. The van der Waals surface area contributed by atoms with E-state index in [4.69, 9.17) is 5.73 Å². The van der Waals surface area contributed by atoms with Crippen LogP contribution in [0.1, 0.15) is 38.2 Å². The molecule has 1 atom stereocenters. The number of thioether (sulfide) groups is 1. The van der Waals surface area contributed by atoms with Gasteiger partial charge in [-0.1, -0.05) is 26.0 Å². The molecule has 1 aromatic carbocycles. The van der Waals surface area contributed by atoms with E-state index in [-0.39, 0.29) is 0 Å². The normalized spacial score (nSPS) is 12.7. The fourth-order valence-electron chi connectivity index (χ4n) is 1.65. The summed E-state index contributed by atoms with van der Waals surface area (Å²) in [4.78, 5) is 1.37. The monoisotopic (exact) mass is 223 g/mol. The zero-order valence-corrected chi connectivity index (χ0v) is 10.5. The van der Waals surface area contributed by atoms with Crippen molar-refractivity contribution < 1.29 is 0 Å². The van der Waals surface area contributed by atoms with Crippen molar-refractivity contribution in [1.29, 1.82) is 0 Å². The van der Waals surface area contributed by atoms with Gasteiger partial charge in [0.05, 0.1) is 0 Å². The number of hydrogen-bond donors (Lipinski definition) is 1. The first-order valence-electron chi connectivity index (χ1n) is 5.70. The summed E-state index contributed by atoms with van der Waals surface area (Å²) in [5.74, 6) is 1.77. The molecule has 0 heterocycles. The molecule has 1 rings (SSSR count). The molecule has 2 N–H and O–H groups in total. The lowest BCUT2D eigenvalue weighted by Crippen LogP contribution is -2.01. The maximum absolute atomic E-state index is 5.52. The highest BCUT2D eigenvalue weighted by Gasteiger charge is 2.04. The van der Waals surface area contributed by atoms with Crippen molar-refractivity contribution in [3.63, 3.8) is 0 Å². The molecule has 0 aliphatic heterocycles. The first kappa shape index (κ1) is 12.6. The third-order valence-corrected chi connectivity index (χ3v) is 3.50. The van der Waals surface area contributed by atoms with Crippen molar-refractivity contribution >= 4 is 11.8 Å². The average molecular weight is 223 g/mol. The second-order valence-electron chi connectivity index (χ2n) is 3.83. The van der Waals surface area contributed by atoms with Gasteiger partial charge in [0.2, 0.25) is 0 Å². The molecular formula is C13H21NS. The van der Waals surface area contributed by atoms with Gasteiger partial charge < -0.3 is 5.73 Å². The number of rotatable bonds is 6. The molecule has 0 aliphatic carbocycles. The highest BCUT2D eigenvalue weighted by Crippen LogP contribution is 2.24. The van der Waals surface area contributed by atoms with Gasteiger partial charge in [0, 0.05) is 4.90 Å². The second kappa shape index (κ2) is 6.91. The van der Waals surface area contributed by atoms with E-state index in [1.54, 1.807) is 0 Å². The summed E-state index contributed by atoms with van der Waals surface area (Å²) in [6.45, 7) is 5.26. The fraction of sp³-hybridized carbons (Fsp3) is 0.538. The maximum Gasteiger partial charge on any atom is 0.00720 e. The first-order valence-corrected chi connectivity index (χ1v) is 6.69. The molecule has 2 heteroatoms. The van der Waals surface area contributed by atoms with Crippen LogP contribution in [0.2, 0.25) is 0 Å². The van der Waals surface area contributed by atoms with Gasteiger partial charge in [-0.05, 0) is 48.8 Å². The van der Waals surface area contributed by atoms with Crippen LogP contribution in [0.15, 0.2) is 29.2 Å². The van der Waals surface area contributed by atoms with Crippen LogP contribution >= 0.6 is 11.8 Å². The summed E-state index contributed by atoms with van der Waals surface area (Å²) in [5.41, 5.74) is 6.95. The number of benzene rings is 1. The van der Waals surface area contributed by atoms with E-state index in [0.717, 1.165) is 18.7 Å². The van der Waals surface area contributed by atoms with E-state index >= 15 is 0 Å². The van der Waals surface area contributed by atoms with Crippen molar-refractivity contribution in [3.8, 4) is 0 Å². The smallest absolute Gasteiger partial charge is 0.00720 e. The SMILES string of the molecule is CCSc1ccc(C(C)CCCN)cc1. The molecule has 15 heavy (non-hydrogen) atoms. The zero-order valence-electron chi connectivity index (χ0n) is 9.70. The molecule has 1 nitrogen and oxygen atoms in total. The molecular weight excluding hydrogens is 202 g/mol. The van der Waals surface area contributed by atoms with Gasteiger partial charge in [0.15, 0.2) is 0 Å². The Morgan fingerprint density at radius 3 is 2.47 bits per heavy atom. The minimum atomic E-state index is 0.634. The zero-order chi connectivity index (χ0) is 11.1. The topological polar surface area (TPSA) is 26.0 Å². The molecule has 0 radical (unpaired) electrons. The van der Waals surface area contributed by atoms with Crippen molar-refractivity contribution in [2.75, 3.05) is 12.3 Å². The van der Waals surface area contributed by atoms with Crippen molar-refractivity contribution in [2.24, 2.45) is 5.73 Å². The number of nitrogens with two attached hydrogens (primary N) is 1. The van der Waals surface area contributed by atoms with E-state index in [1.807, 2.05) is 11.8 Å². The third kappa shape index (κ3) is 4.27. The molecule has 84 valence electrons. The molecule has 0 spiro atoms. The predicted molar refractivity (Wildman–Crippen MR) is 69.5 cm³/mol. The lowest BCUT2D eigenvalue weighted by atomic mass is 9.96. The Balaban J connectivity index is 2.54. The second-order valence-corrected chi connectivity index (χ2v) is 5.17. The maximum atomic E-state index is 5.52. The summed E-state index contributed by atoms with van der Waals surface area (Å²) in [5, 5.41) is 0. The average Bonchev–Trinajstić information content (AvgIpc) is 2.27. The van der Waals surface area contributed by atoms with Crippen molar-refractivity contribution in [1.82, 2.24) is 0 Å². The molecule has 0 saturated carbocycles. The highest BCUT2D eigenvalue weighted by molar-refractivity contribution is 7.99. The van der Waals surface area contributed by atoms with Crippen LogP contribution in [-0.2, 0) is 0 Å². The molecule has 0 saturated heterocycles. The molecule has 1 aromatic rings. The summed E-state index contributed by atoms with van der Waals surface area (Å²) in [7, 11) is 0. The summed E-state index contributed by atoms with van der Waals surface area (Å²) >= 11 is 1.89. The van der Waals surface area contributed by atoms with Gasteiger partial charge in [-0.25, -0.2) is 0 Å². The first-order chi connectivity index (χ1) is 7.27. The van der Waals surface area contributed by atoms with Crippen LogP contribution in [0.5, 0.6) is 0 Å². The number of hydrogen-bond acceptors (Lipinski definition) is 2.